The fraction of sp³-hybridized carbons (Fsp3) is 0.600. The number of ether oxygens (including phenoxy) is 1. The fourth-order valence-corrected chi connectivity index (χ4v) is 1.40. The highest BCUT2D eigenvalue weighted by Gasteiger charge is 2.12. The first-order chi connectivity index (χ1) is 6.76. The second kappa shape index (κ2) is 5.80. The van der Waals surface area contributed by atoms with Gasteiger partial charge in [-0.25, -0.2) is 0 Å². The molecule has 0 fully saturated rings. The van der Waals surface area contributed by atoms with Crippen molar-refractivity contribution in [3.63, 3.8) is 0 Å². The Labute approximate surface area is 84.4 Å². The summed E-state index contributed by atoms with van der Waals surface area (Å²) in [6.45, 7) is 2.03. The van der Waals surface area contributed by atoms with Gasteiger partial charge in [-0.3, -0.25) is 11.3 Å². The van der Waals surface area contributed by atoms with E-state index in [1.807, 2.05) is 13.0 Å². The zero-order chi connectivity index (χ0) is 10.4. The first-order valence-corrected chi connectivity index (χ1v) is 4.76. The number of furan rings is 1. The van der Waals surface area contributed by atoms with E-state index in [4.69, 9.17) is 15.0 Å². The summed E-state index contributed by atoms with van der Waals surface area (Å²) in [5, 5.41) is 0. The molecule has 1 rings (SSSR count). The summed E-state index contributed by atoms with van der Waals surface area (Å²) in [7, 11) is 1.70. The molecule has 0 bridgehead atoms. The summed E-state index contributed by atoms with van der Waals surface area (Å²) in [6.07, 6.45) is 5.37. The van der Waals surface area contributed by atoms with Gasteiger partial charge in [-0.15, -0.1) is 0 Å². The molecule has 0 aromatic carbocycles. The van der Waals surface area contributed by atoms with Crippen LogP contribution in [0.4, 0.5) is 0 Å². The van der Waals surface area contributed by atoms with E-state index in [9.17, 15) is 0 Å². The van der Waals surface area contributed by atoms with Crippen LogP contribution in [0, 0.1) is 0 Å². The number of hydrogen-bond acceptors (Lipinski definition) is 4. The van der Waals surface area contributed by atoms with Crippen LogP contribution in [0.3, 0.4) is 0 Å². The third-order valence-corrected chi connectivity index (χ3v) is 2.32. The van der Waals surface area contributed by atoms with Crippen LogP contribution in [0.25, 0.3) is 0 Å². The second-order valence-corrected chi connectivity index (χ2v) is 3.48. The van der Waals surface area contributed by atoms with E-state index in [1.165, 1.54) is 0 Å². The van der Waals surface area contributed by atoms with E-state index < -0.39 is 0 Å². The molecule has 80 valence electrons. The zero-order valence-corrected chi connectivity index (χ0v) is 8.69. The second-order valence-electron chi connectivity index (χ2n) is 3.48. The molecule has 14 heavy (non-hydrogen) atoms. The lowest BCUT2D eigenvalue weighted by atomic mass is 10.0. The summed E-state index contributed by atoms with van der Waals surface area (Å²) < 4.78 is 10.2. The minimum Gasteiger partial charge on any atom is -0.472 e. The van der Waals surface area contributed by atoms with Gasteiger partial charge in [0.25, 0.3) is 0 Å². The van der Waals surface area contributed by atoms with Gasteiger partial charge in [0.15, 0.2) is 0 Å². The first-order valence-electron chi connectivity index (χ1n) is 4.76. The topological polar surface area (TPSA) is 60.4 Å². The molecule has 0 radical (unpaired) electrons. The predicted molar refractivity (Wildman–Crippen MR) is 54.6 cm³/mol. The fourth-order valence-electron chi connectivity index (χ4n) is 1.40. The van der Waals surface area contributed by atoms with Crippen LogP contribution in [0.2, 0.25) is 0 Å². The lowest BCUT2D eigenvalue weighted by Crippen LogP contribution is -2.39. The number of hydrazine groups is 1. The minimum absolute atomic E-state index is 0.211. The van der Waals surface area contributed by atoms with Crippen molar-refractivity contribution in [2.75, 3.05) is 7.11 Å². The van der Waals surface area contributed by atoms with Crippen molar-refractivity contribution >= 4 is 0 Å². The first kappa shape index (κ1) is 11.2. The summed E-state index contributed by atoms with van der Waals surface area (Å²) in [4.78, 5) is 0. The summed E-state index contributed by atoms with van der Waals surface area (Å²) in [5.74, 6) is 5.46. The van der Waals surface area contributed by atoms with Crippen LogP contribution in [0.1, 0.15) is 18.9 Å². The maximum absolute atomic E-state index is 5.46. The Balaban J connectivity index is 2.39. The number of rotatable bonds is 6. The van der Waals surface area contributed by atoms with Crippen molar-refractivity contribution in [3.8, 4) is 0 Å². The molecule has 1 heterocycles. The van der Waals surface area contributed by atoms with Gasteiger partial charge in [0, 0.05) is 13.2 Å². The Bertz CT molecular complexity index is 236. The largest absolute Gasteiger partial charge is 0.472 e. The predicted octanol–water partition coefficient (Wildman–Crippen LogP) is 1.08. The molecule has 0 amide bonds. The van der Waals surface area contributed by atoms with E-state index in [1.54, 1.807) is 19.6 Å². The van der Waals surface area contributed by atoms with Crippen LogP contribution in [0.15, 0.2) is 23.0 Å². The van der Waals surface area contributed by atoms with E-state index in [2.05, 4.69) is 5.43 Å². The molecule has 3 N–H and O–H groups in total. The quantitative estimate of drug-likeness (QED) is 0.530. The Kier molecular flexibility index (Phi) is 4.65. The molecule has 4 nitrogen and oxygen atoms in total. The maximum Gasteiger partial charge on any atom is 0.0935 e. The third-order valence-electron chi connectivity index (χ3n) is 2.32. The van der Waals surface area contributed by atoms with Crippen molar-refractivity contribution in [2.45, 2.75) is 31.9 Å². The summed E-state index contributed by atoms with van der Waals surface area (Å²) in [6, 6.07) is 2.17. The normalized spacial score (nSPS) is 15.4. The van der Waals surface area contributed by atoms with Crippen LogP contribution in [-0.2, 0) is 11.2 Å². The third kappa shape index (κ3) is 3.49. The Hall–Kier alpha value is -0.840. The van der Waals surface area contributed by atoms with Crippen molar-refractivity contribution in [1.82, 2.24) is 5.43 Å². The summed E-state index contributed by atoms with van der Waals surface area (Å²) in [5.41, 5.74) is 3.93. The molecule has 2 atom stereocenters. The van der Waals surface area contributed by atoms with E-state index in [-0.39, 0.29) is 12.1 Å². The van der Waals surface area contributed by atoms with Gasteiger partial charge < -0.3 is 9.15 Å². The number of hydrogen-bond donors (Lipinski definition) is 2. The molecule has 0 aliphatic carbocycles. The number of nitrogens with two attached hydrogens (primary N) is 1. The highest BCUT2D eigenvalue weighted by atomic mass is 16.5. The molecule has 2 unspecified atom stereocenters. The highest BCUT2D eigenvalue weighted by Crippen LogP contribution is 2.09. The number of methoxy groups -OCH3 is 1. The van der Waals surface area contributed by atoms with Gasteiger partial charge >= 0.3 is 0 Å². The van der Waals surface area contributed by atoms with Gasteiger partial charge in [-0.05, 0) is 31.4 Å². The molecular formula is C10H18N2O2. The average molecular weight is 198 g/mol. The smallest absolute Gasteiger partial charge is 0.0935 e. The highest BCUT2D eigenvalue weighted by molar-refractivity contribution is 5.07. The minimum atomic E-state index is 0.211. The molecule has 4 heteroatoms. The zero-order valence-electron chi connectivity index (χ0n) is 8.69. The SMILES string of the molecule is COC(C)CC(Cc1ccoc1)NN. The van der Waals surface area contributed by atoms with Gasteiger partial charge in [-0.1, -0.05) is 0 Å². The average Bonchev–Trinajstić information content (AvgIpc) is 2.69. The van der Waals surface area contributed by atoms with Crippen LogP contribution >= 0.6 is 0 Å². The van der Waals surface area contributed by atoms with Crippen LogP contribution < -0.4 is 11.3 Å². The standard InChI is InChI=1S/C10H18N2O2/c1-8(13-2)5-10(12-11)6-9-3-4-14-7-9/h3-4,7-8,10,12H,5-6,11H2,1-2H3. The monoisotopic (exact) mass is 198 g/mol. The Morgan fingerprint density at radius 1 is 1.64 bits per heavy atom. The molecule has 0 aliphatic rings. The van der Waals surface area contributed by atoms with Gasteiger partial charge in [0.1, 0.15) is 0 Å². The van der Waals surface area contributed by atoms with Crippen LogP contribution in [0.5, 0.6) is 0 Å². The van der Waals surface area contributed by atoms with Crippen molar-refractivity contribution < 1.29 is 9.15 Å². The molecular weight excluding hydrogens is 180 g/mol. The maximum atomic E-state index is 5.46. The van der Waals surface area contributed by atoms with E-state index in [0.29, 0.717) is 0 Å². The molecule has 0 spiro atoms. The van der Waals surface area contributed by atoms with Crippen LogP contribution in [-0.4, -0.2) is 19.3 Å². The Morgan fingerprint density at radius 2 is 2.43 bits per heavy atom. The van der Waals surface area contributed by atoms with Gasteiger partial charge in [-0.2, -0.15) is 0 Å². The molecule has 0 aliphatic heterocycles. The van der Waals surface area contributed by atoms with Gasteiger partial charge in [0.05, 0.1) is 18.6 Å². The summed E-state index contributed by atoms with van der Waals surface area (Å²) >= 11 is 0. The van der Waals surface area contributed by atoms with Crippen molar-refractivity contribution in [3.05, 3.63) is 24.2 Å². The lowest BCUT2D eigenvalue weighted by molar-refractivity contribution is 0.100. The van der Waals surface area contributed by atoms with E-state index in [0.717, 1.165) is 18.4 Å². The Morgan fingerprint density at radius 3 is 2.93 bits per heavy atom. The molecule has 1 aromatic rings. The van der Waals surface area contributed by atoms with Crippen molar-refractivity contribution in [2.24, 2.45) is 5.84 Å². The lowest BCUT2D eigenvalue weighted by Gasteiger charge is -2.18. The van der Waals surface area contributed by atoms with Gasteiger partial charge in [0.2, 0.25) is 0 Å². The molecule has 0 saturated carbocycles. The van der Waals surface area contributed by atoms with E-state index >= 15 is 0 Å². The number of nitrogens with one attached hydrogen (secondary N) is 1. The molecule has 1 aromatic heterocycles. The molecule has 0 saturated heterocycles. The van der Waals surface area contributed by atoms with Crippen molar-refractivity contribution in [1.29, 1.82) is 0 Å².